The number of fused-ring (bicyclic) bond motifs is 3. The normalized spacial score (nSPS) is 12.6. The van der Waals surface area contributed by atoms with Crippen LogP contribution in [0.15, 0.2) is 18.2 Å². The zero-order valence-electron chi connectivity index (χ0n) is 8.69. The number of nitrogens with zero attached hydrogens (tertiary/aromatic N) is 1. The molecule has 0 atom stereocenters. The van der Waals surface area contributed by atoms with Crippen LogP contribution in [0.5, 0.6) is 11.5 Å². The molecule has 82 valence electrons. The van der Waals surface area contributed by atoms with E-state index in [0.29, 0.717) is 11.7 Å². The van der Waals surface area contributed by atoms with Gasteiger partial charge in [0.2, 0.25) is 0 Å². The molecular formula is C11H10N2O2S. The molecule has 1 aliphatic heterocycles. The van der Waals surface area contributed by atoms with Crippen molar-refractivity contribution in [2.75, 3.05) is 12.8 Å². The van der Waals surface area contributed by atoms with Gasteiger partial charge < -0.3 is 15.2 Å². The fourth-order valence-electron chi connectivity index (χ4n) is 1.77. The highest BCUT2D eigenvalue weighted by atomic mass is 32.1. The Morgan fingerprint density at radius 1 is 1.50 bits per heavy atom. The number of nitrogen functional groups attached to an aromatic ring is 1. The second-order valence-electron chi connectivity index (χ2n) is 3.47. The molecule has 2 heterocycles. The summed E-state index contributed by atoms with van der Waals surface area (Å²) in [7, 11) is 1.64. The van der Waals surface area contributed by atoms with Crippen molar-refractivity contribution in [2.45, 2.75) is 6.61 Å². The van der Waals surface area contributed by atoms with Crippen molar-refractivity contribution in [3.8, 4) is 22.8 Å². The number of nitrogens with two attached hydrogens (primary N) is 1. The first-order valence-electron chi connectivity index (χ1n) is 4.84. The lowest BCUT2D eigenvalue weighted by molar-refractivity contribution is 0.303. The third-order valence-electron chi connectivity index (χ3n) is 2.52. The average molecular weight is 234 g/mol. The summed E-state index contributed by atoms with van der Waals surface area (Å²) in [5.41, 5.74) is 7.62. The van der Waals surface area contributed by atoms with E-state index >= 15 is 0 Å². The first kappa shape index (κ1) is 9.47. The van der Waals surface area contributed by atoms with Gasteiger partial charge >= 0.3 is 0 Å². The molecule has 5 heteroatoms. The molecule has 2 N–H and O–H groups in total. The predicted octanol–water partition coefficient (Wildman–Crippen LogP) is 2.29. The van der Waals surface area contributed by atoms with Crippen molar-refractivity contribution in [2.24, 2.45) is 0 Å². The molecule has 0 saturated carbocycles. The largest absolute Gasteiger partial charge is 0.497 e. The first-order chi connectivity index (χ1) is 7.78. The zero-order chi connectivity index (χ0) is 11.1. The minimum Gasteiger partial charge on any atom is -0.497 e. The quantitative estimate of drug-likeness (QED) is 0.822. The van der Waals surface area contributed by atoms with Crippen LogP contribution < -0.4 is 15.2 Å². The number of thiazole rings is 1. The second-order valence-corrected chi connectivity index (χ2v) is 4.59. The maximum Gasteiger partial charge on any atom is 0.180 e. The van der Waals surface area contributed by atoms with Crippen molar-refractivity contribution >= 4 is 16.5 Å². The standard InChI is InChI=1S/C11H10N2O2S/c1-14-6-2-3-7-8(4-6)15-5-9-10(7)13-11(12)16-9/h2-4H,5H2,1H3,(H2,12,13). The summed E-state index contributed by atoms with van der Waals surface area (Å²) in [6, 6.07) is 5.71. The van der Waals surface area contributed by atoms with Crippen LogP contribution in [-0.2, 0) is 6.61 Å². The Morgan fingerprint density at radius 2 is 2.38 bits per heavy atom. The molecule has 4 nitrogen and oxygen atoms in total. The molecule has 0 bridgehead atoms. The van der Waals surface area contributed by atoms with Gasteiger partial charge in [-0.3, -0.25) is 0 Å². The lowest BCUT2D eigenvalue weighted by Gasteiger charge is -2.16. The summed E-state index contributed by atoms with van der Waals surface area (Å²) in [5.74, 6) is 1.59. The van der Waals surface area contributed by atoms with Crippen LogP contribution in [0.3, 0.4) is 0 Å². The molecule has 2 aromatic rings. The molecule has 1 aliphatic rings. The Kier molecular flexibility index (Phi) is 2.00. The maximum atomic E-state index is 5.70. The highest BCUT2D eigenvalue weighted by Crippen LogP contribution is 2.41. The Hall–Kier alpha value is -1.75. The number of rotatable bonds is 1. The Balaban J connectivity index is 2.17. The SMILES string of the molecule is COc1ccc2c(c1)OCc1sc(N)nc1-2. The molecule has 0 unspecified atom stereocenters. The maximum absolute atomic E-state index is 5.70. The summed E-state index contributed by atoms with van der Waals surface area (Å²) < 4.78 is 10.8. The first-order valence-corrected chi connectivity index (χ1v) is 5.66. The van der Waals surface area contributed by atoms with Crippen molar-refractivity contribution in [1.29, 1.82) is 0 Å². The van der Waals surface area contributed by atoms with E-state index in [4.69, 9.17) is 15.2 Å². The number of ether oxygens (including phenoxy) is 2. The number of hydrogen-bond acceptors (Lipinski definition) is 5. The van der Waals surface area contributed by atoms with E-state index in [-0.39, 0.29) is 0 Å². The average Bonchev–Trinajstić information content (AvgIpc) is 2.69. The minimum atomic E-state index is 0.532. The van der Waals surface area contributed by atoms with Crippen LogP contribution in [0.1, 0.15) is 4.88 Å². The Morgan fingerprint density at radius 3 is 3.19 bits per heavy atom. The Labute approximate surface area is 96.6 Å². The van der Waals surface area contributed by atoms with Gasteiger partial charge in [-0.2, -0.15) is 0 Å². The highest BCUT2D eigenvalue weighted by Gasteiger charge is 2.21. The fraction of sp³-hybridized carbons (Fsp3) is 0.182. The zero-order valence-corrected chi connectivity index (χ0v) is 9.50. The molecule has 16 heavy (non-hydrogen) atoms. The van der Waals surface area contributed by atoms with Gasteiger partial charge in [-0.15, -0.1) is 0 Å². The molecule has 3 rings (SSSR count). The molecule has 0 radical (unpaired) electrons. The molecule has 0 saturated heterocycles. The van der Waals surface area contributed by atoms with Gasteiger partial charge in [0.25, 0.3) is 0 Å². The van der Waals surface area contributed by atoms with Crippen LogP contribution in [0.25, 0.3) is 11.3 Å². The smallest absolute Gasteiger partial charge is 0.180 e. The van der Waals surface area contributed by atoms with Gasteiger partial charge in [-0.1, -0.05) is 11.3 Å². The molecule has 0 amide bonds. The van der Waals surface area contributed by atoms with Crippen molar-refractivity contribution in [3.05, 3.63) is 23.1 Å². The van der Waals surface area contributed by atoms with Gasteiger partial charge in [0, 0.05) is 11.6 Å². The van der Waals surface area contributed by atoms with Crippen molar-refractivity contribution in [3.63, 3.8) is 0 Å². The summed E-state index contributed by atoms with van der Waals surface area (Å²) in [4.78, 5) is 5.40. The van der Waals surface area contributed by atoms with E-state index in [1.165, 1.54) is 11.3 Å². The molecule has 0 spiro atoms. The highest BCUT2D eigenvalue weighted by molar-refractivity contribution is 7.15. The minimum absolute atomic E-state index is 0.532. The topological polar surface area (TPSA) is 57.4 Å². The number of anilines is 1. The third kappa shape index (κ3) is 1.32. The summed E-state index contributed by atoms with van der Waals surface area (Å²) >= 11 is 1.47. The van der Waals surface area contributed by atoms with Gasteiger partial charge in [0.1, 0.15) is 18.1 Å². The molecule has 0 fully saturated rings. The van der Waals surface area contributed by atoms with Crippen molar-refractivity contribution < 1.29 is 9.47 Å². The van der Waals surface area contributed by atoms with Crippen LogP contribution in [0, 0.1) is 0 Å². The van der Waals surface area contributed by atoms with Gasteiger partial charge in [0.05, 0.1) is 17.7 Å². The monoisotopic (exact) mass is 234 g/mol. The Bertz CT molecular complexity index is 551. The fourth-order valence-corrected chi connectivity index (χ4v) is 2.53. The molecule has 0 aliphatic carbocycles. The second kappa shape index (κ2) is 3.38. The van der Waals surface area contributed by atoms with Crippen LogP contribution in [0.4, 0.5) is 5.13 Å². The molecule has 1 aromatic heterocycles. The van der Waals surface area contributed by atoms with E-state index in [2.05, 4.69) is 4.98 Å². The predicted molar refractivity (Wildman–Crippen MR) is 62.8 cm³/mol. The van der Waals surface area contributed by atoms with E-state index < -0.39 is 0 Å². The lowest BCUT2D eigenvalue weighted by atomic mass is 10.1. The van der Waals surface area contributed by atoms with Gasteiger partial charge in [-0.05, 0) is 12.1 Å². The van der Waals surface area contributed by atoms with Crippen molar-refractivity contribution in [1.82, 2.24) is 4.98 Å². The van der Waals surface area contributed by atoms with Crippen LogP contribution in [-0.4, -0.2) is 12.1 Å². The van der Waals surface area contributed by atoms with Gasteiger partial charge in [-0.25, -0.2) is 4.98 Å². The van der Waals surface area contributed by atoms with Crippen LogP contribution >= 0.6 is 11.3 Å². The van der Waals surface area contributed by atoms with E-state index in [1.54, 1.807) is 7.11 Å². The molecular weight excluding hydrogens is 224 g/mol. The number of hydrogen-bond donors (Lipinski definition) is 1. The molecule has 1 aromatic carbocycles. The van der Waals surface area contributed by atoms with Crippen LogP contribution in [0.2, 0.25) is 0 Å². The summed E-state index contributed by atoms with van der Waals surface area (Å²) in [6.45, 7) is 0.532. The number of aromatic nitrogens is 1. The van der Waals surface area contributed by atoms with E-state index in [1.807, 2.05) is 18.2 Å². The third-order valence-corrected chi connectivity index (χ3v) is 3.37. The summed E-state index contributed by atoms with van der Waals surface area (Å²) in [6.07, 6.45) is 0. The number of benzene rings is 1. The summed E-state index contributed by atoms with van der Waals surface area (Å²) in [5, 5.41) is 0.581. The lowest BCUT2D eigenvalue weighted by Crippen LogP contribution is -2.03. The number of methoxy groups -OCH3 is 1. The van der Waals surface area contributed by atoms with Gasteiger partial charge in [0.15, 0.2) is 5.13 Å². The van der Waals surface area contributed by atoms with E-state index in [9.17, 15) is 0 Å². The van der Waals surface area contributed by atoms with E-state index in [0.717, 1.165) is 27.6 Å².